The molecule has 1 atom stereocenters. The number of hydrogen-bond acceptors (Lipinski definition) is 6. The number of ether oxygens (including phenoxy) is 3. The predicted molar refractivity (Wildman–Crippen MR) is 307 cm³/mol. The van der Waals surface area contributed by atoms with E-state index in [0.717, 1.165) is 96.3 Å². The Balaban J connectivity index is 4.39. The lowest BCUT2D eigenvalue weighted by molar-refractivity contribution is -0.167. The molecule has 0 fully saturated rings. The summed E-state index contributed by atoms with van der Waals surface area (Å²) in [4.78, 5) is 38.3. The molecule has 0 heterocycles. The number of unbranched alkanes of at least 4 members (excludes halogenated alkanes) is 32. The first-order valence-electron chi connectivity index (χ1n) is 30.4. The summed E-state index contributed by atoms with van der Waals surface area (Å²) < 4.78 is 16.9. The van der Waals surface area contributed by atoms with E-state index in [0.29, 0.717) is 19.3 Å². The van der Waals surface area contributed by atoms with Gasteiger partial charge in [-0.1, -0.05) is 248 Å². The van der Waals surface area contributed by atoms with Gasteiger partial charge in [-0.25, -0.2) is 0 Å². The SMILES string of the molecule is CC/C=C\C/C=C\C/C=C\CCCCCCCCCC(=O)OC(COC(=O)CCCCCCCCC/C=C\C/C=C\CCCCC)COC(=O)CCCCCCCCCCC/C=C\CCCCCCCC. The van der Waals surface area contributed by atoms with Gasteiger partial charge in [0.2, 0.25) is 0 Å². The molecule has 0 N–H and O–H groups in total. The van der Waals surface area contributed by atoms with E-state index < -0.39 is 6.10 Å². The van der Waals surface area contributed by atoms with Gasteiger partial charge < -0.3 is 14.2 Å². The number of rotatable bonds is 55. The second kappa shape index (κ2) is 59.4. The Labute approximate surface area is 440 Å². The van der Waals surface area contributed by atoms with Crippen molar-refractivity contribution in [2.24, 2.45) is 0 Å². The lowest BCUT2D eigenvalue weighted by atomic mass is 10.1. The highest BCUT2D eigenvalue weighted by Crippen LogP contribution is 2.16. The van der Waals surface area contributed by atoms with E-state index in [1.54, 1.807) is 0 Å². The maximum atomic E-state index is 12.9. The van der Waals surface area contributed by atoms with Crippen LogP contribution in [0.25, 0.3) is 0 Å². The molecule has 71 heavy (non-hydrogen) atoms. The van der Waals surface area contributed by atoms with Crippen LogP contribution in [-0.4, -0.2) is 37.2 Å². The fourth-order valence-corrected chi connectivity index (χ4v) is 8.60. The van der Waals surface area contributed by atoms with Crippen molar-refractivity contribution in [2.45, 2.75) is 309 Å². The Bertz CT molecular complexity index is 1320. The average molecular weight is 992 g/mol. The van der Waals surface area contributed by atoms with Gasteiger partial charge in [-0.05, 0) is 109 Å². The first-order chi connectivity index (χ1) is 35.0. The smallest absolute Gasteiger partial charge is 0.306 e. The van der Waals surface area contributed by atoms with Crippen LogP contribution < -0.4 is 0 Å². The van der Waals surface area contributed by atoms with Crippen molar-refractivity contribution >= 4 is 17.9 Å². The molecule has 0 bridgehead atoms. The number of carbonyl (C=O) groups is 3. The quantitative estimate of drug-likeness (QED) is 0.0261. The van der Waals surface area contributed by atoms with Crippen LogP contribution in [0.15, 0.2) is 72.9 Å². The first-order valence-corrected chi connectivity index (χ1v) is 30.4. The molecular formula is C65H114O6. The zero-order valence-electron chi connectivity index (χ0n) is 47.0. The third kappa shape index (κ3) is 57.6. The molecule has 0 aromatic rings. The highest BCUT2D eigenvalue weighted by molar-refractivity contribution is 5.71. The molecular weight excluding hydrogens is 877 g/mol. The summed E-state index contributed by atoms with van der Waals surface area (Å²) in [7, 11) is 0. The van der Waals surface area contributed by atoms with Crippen molar-refractivity contribution in [1.29, 1.82) is 0 Å². The molecule has 0 aliphatic rings. The Kier molecular flexibility index (Phi) is 56.8. The summed E-state index contributed by atoms with van der Waals surface area (Å²) in [6.07, 6.45) is 76.0. The van der Waals surface area contributed by atoms with Gasteiger partial charge in [0, 0.05) is 19.3 Å². The molecule has 0 amide bonds. The number of hydrogen-bond donors (Lipinski definition) is 0. The molecule has 1 unspecified atom stereocenters. The molecule has 6 heteroatoms. The van der Waals surface area contributed by atoms with Gasteiger partial charge in [0.1, 0.15) is 13.2 Å². The van der Waals surface area contributed by atoms with Gasteiger partial charge in [0.25, 0.3) is 0 Å². The molecule has 6 nitrogen and oxygen atoms in total. The van der Waals surface area contributed by atoms with E-state index in [2.05, 4.69) is 93.7 Å². The van der Waals surface area contributed by atoms with E-state index in [4.69, 9.17) is 14.2 Å². The number of carbonyl (C=O) groups excluding carboxylic acids is 3. The summed E-state index contributed by atoms with van der Waals surface area (Å²) in [6.45, 7) is 6.51. The van der Waals surface area contributed by atoms with Crippen LogP contribution in [0.1, 0.15) is 303 Å². The predicted octanol–water partition coefficient (Wildman–Crippen LogP) is 20.5. The van der Waals surface area contributed by atoms with E-state index in [1.807, 2.05) is 0 Å². The summed E-state index contributed by atoms with van der Waals surface area (Å²) >= 11 is 0. The van der Waals surface area contributed by atoms with Gasteiger partial charge in [0.05, 0.1) is 0 Å². The molecule has 0 radical (unpaired) electrons. The Morgan fingerprint density at radius 3 is 0.901 bits per heavy atom. The highest BCUT2D eigenvalue weighted by atomic mass is 16.6. The molecule has 410 valence electrons. The normalized spacial score (nSPS) is 12.5. The van der Waals surface area contributed by atoms with Crippen molar-refractivity contribution in [3.8, 4) is 0 Å². The minimum absolute atomic E-state index is 0.0821. The van der Waals surface area contributed by atoms with Gasteiger partial charge in [-0.15, -0.1) is 0 Å². The van der Waals surface area contributed by atoms with Crippen LogP contribution in [0.4, 0.5) is 0 Å². The van der Waals surface area contributed by atoms with Crippen LogP contribution in [0.3, 0.4) is 0 Å². The fraction of sp³-hybridized carbons (Fsp3) is 0.769. The van der Waals surface area contributed by atoms with Gasteiger partial charge >= 0.3 is 17.9 Å². The van der Waals surface area contributed by atoms with E-state index in [1.165, 1.54) is 167 Å². The topological polar surface area (TPSA) is 78.9 Å². The fourth-order valence-electron chi connectivity index (χ4n) is 8.60. The summed E-state index contributed by atoms with van der Waals surface area (Å²) in [6, 6.07) is 0. The van der Waals surface area contributed by atoms with Crippen LogP contribution in [0.5, 0.6) is 0 Å². The van der Waals surface area contributed by atoms with E-state index in [-0.39, 0.29) is 31.1 Å². The Morgan fingerprint density at radius 2 is 0.549 bits per heavy atom. The van der Waals surface area contributed by atoms with Gasteiger partial charge in [0.15, 0.2) is 6.10 Å². The van der Waals surface area contributed by atoms with Crippen molar-refractivity contribution < 1.29 is 28.6 Å². The number of esters is 3. The Morgan fingerprint density at radius 1 is 0.296 bits per heavy atom. The molecule has 0 aliphatic carbocycles. The lowest BCUT2D eigenvalue weighted by Crippen LogP contribution is -2.30. The minimum Gasteiger partial charge on any atom is -0.462 e. The lowest BCUT2D eigenvalue weighted by Gasteiger charge is -2.18. The van der Waals surface area contributed by atoms with Gasteiger partial charge in [-0.3, -0.25) is 14.4 Å². The number of allylic oxidation sites excluding steroid dienone is 12. The highest BCUT2D eigenvalue weighted by Gasteiger charge is 2.19. The largest absolute Gasteiger partial charge is 0.462 e. The Hall–Kier alpha value is -3.15. The molecule has 0 saturated carbocycles. The second-order valence-electron chi connectivity index (χ2n) is 20.2. The third-order valence-electron chi connectivity index (χ3n) is 13.2. The standard InChI is InChI=1S/C65H114O6/c1-4-7-10-13-16-19-22-25-28-31-32-35-37-40-43-46-49-52-55-58-64(67)70-61-62(71-65(68)59-56-53-50-47-44-41-38-34-30-27-24-21-18-15-12-9-6-3)60-69-63(66)57-54-51-48-45-42-39-36-33-29-26-23-20-17-14-11-8-5-2/h9,12,17-18,20-21,25-30,62H,4-8,10-11,13-16,19,22-24,31-61H2,1-3H3/b12-9-,20-17-,21-18-,28-25-,29-26-,30-27-. The van der Waals surface area contributed by atoms with Crippen molar-refractivity contribution in [3.63, 3.8) is 0 Å². The molecule has 0 aliphatic heterocycles. The molecule has 0 aromatic heterocycles. The van der Waals surface area contributed by atoms with E-state index >= 15 is 0 Å². The van der Waals surface area contributed by atoms with Crippen molar-refractivity contribution in [3.05, 3.63) is 72.9 Å². The molecule has 0 spiro atoms. The molecule has 0 rings (SSSR count). The first kappa shape index (κ1) is 67.8. The minimum atomic E-state index is -0.786. The zero-order valence-corrected chi connectivity index (χ0v) is 47.0. The van der Waals surface area contributed by atoms with Crippen LogP contribution in [0, 0.1) is 0 Å². The maximum absolute atomic E-state index is 12.9. The van der Waals surface area contributed by atoms with Crippen molar-refractivity contribution in [1.82, 2.24) is 0 Å². The second-order valence-corrected chi connectivity index (χ2v) is 20.2. The maximum Gasteiger partial charge on any atom is 0.306 e. The van der Waals surface area contributed by atoms with Crippen LogP contribution in [0.2, 0.25) is 0 Å². The van der Waals surface area contributed by atoms with Crippen LogP contribution >= 0.6 is 0 Å². The molecule has 0 saturated heterocycles. The average Bonchev–Trinajstić information content (AvgIpc) is 3.37. The van der Waals surface area contributed by atoms with Gasteiger partial charge in [-0.2, -0.15) is 0 Å². The van der Waals surface area contributed by atoms with E-state index in [9.17, 15) is 14.4 Å². The molecule has 0 aromatic carbocycles. The zero-order chi connectivity index (χ0) is 51.4. The van der Waals surface area contributed by atoms with Crippen LogP contribution in [-0.2, 0) is 28.6 Å². The summed E-state index contributed by atoms with van der Waals surface area (Å²) in [5.74, 6) is -0.890. The summed E-state index contributed by atoms with van der Waals surface area (Å²) in [5.41, 5.74) is 0. The van der Waals surface area contributed by atoms with Crippen molar-refractivity contribution in [2.75, 3.05) is 13.2 Å². The summed E-state index contributed by atoms with van der Waals surface area (Å²) in [5, 5.41) is 0. The third-order valence-corrected chi connectivity index (χ3v) is 13.2. The monoisotopic (exact) mass is 991 g/mol.